The van der Waals surface area contributed by atoms with Crippen molar-refractivity contribution in [1.82, 2.24) is 19.8 Å². The van der Waals surface area contributed by atoms with E-state index < -0.39 is 0 Å². The zero-order valence-corrected chi connectivity index (χ0v) is 10.2. The van der Waals surface area contributed by atoms with Gasteiger partial charge in [0, 0.05) is 5.69 Å². The second-order valence-corrected chi connectivity index (χ2v) is 4.14. The van der Waals surface area contributed by atoms with E-state index in [1.807, 2.05) is 13.8 Å². The average molecular weight is 236 g/mol. The minimum absolute atomic E-state index is 0.0789. The van der Waals surface area contributed by atoms with E-state index in [0.717, 1.165) is 18.5 Å². The van der Waals surface area contributed by atoms with E-state index in [1.165, 1.54) is 6.33 Å². The van der Waals surface area contributed by atoms with Crippen LogP contribution in [0.1, 0.15) is 42.7 Å². The van der Waals surface area contributed by atoms with Crippen molar-refractivity contribution >= 4 is 11.6 Å². The number of aryl methyl sites for hydroxylation is 1. The third kappa shape index (κ3) is 2.15. The van der Waals surface area contributed by atoms with Crippen molar-refractivity contribution in [3.8, 4) is 0 Å². The minimum Gasteiger partial charge on any atom is -0.459 e. The molecule has 0 amide bonds. The molecule has 2 rings (SSSR count). The molecule has 2 aromatic heterocycles. The SMILES string of the molecule is CCCC(C)OC(=O)c1c(C)[nH]n2cnnc12. The summed E-state index contributed by atoms with van der Waals surface area (Å²) in [5.74, 6) is -0.345. The fourth-order valence-electron chi connectivity index (χ4n) is 1.84. The van der Waals surface area contributed by atoms with Gasteiger partial charge in [-0.3, -0.25) is 5.10 Å². The number of H-pyrrole nitrogens is 1. The van der Waals surface area contributed by atoms with Crippen LogP contribution < -0.4 is 0 Å². The number of aromatic amines is 1. The number of hydrogen-bond acceptors (Lipinski definition) is 4. The Hall–Kier alpha value is -1.85. The first-order valence-electron chi connectivity index (χ1n) is 5.72. The molecule has 0 saturated heterocycles. The Morgan fingerprint density at radius 1 is 1.65 bits per heavy atom. The molecule has 92 valence electrons. The quantitative estimate of drug-likeness (QED) is 0.820. The van der Waals surface area contributed by atoms with Crippen molar-refractivity contribution in [3.05, 3.63) is 17.6 Å². The Labute approximate surface area is 99.0 Å². The van der Waals surface area contributed by atoms with Gasteiger partial charge >= 0.3 is 5.97 Å². The van der Waals surface area contributed by atoms with Crippen molar-refractivity contribution in [1.29, 1.82) is 0 Å². The molecule has 0 aromatic carbocycles. The molecule has 0 bridgehead atoms. The topological polar surface area (TPSA) is 72.3 Å². The summed E-state index contributed by atoms with van der Waals surface area (Å²) in [5, 5.41) is 10.6. The molecule has 1 N–H and O–H groups in total. The number of nitrogens with one attached hydrogen (secondary N) is 1. The normalized spacial score (nSPS) is 12.9. The first-order valence-corrected chi connectivity index (χ1v) is 5.72. The molecule has 2 aromatic rings. The number of fused-ring (bicyclic) bond motifs is 1. The van der Waals surface area contributed by atoms with E-state index in [-0.39, 0.29) is 12.1 Å². The molecule has 0 spiro atoms. The maximum atomic E-state index is 12.0. The lowest BCUT2D eigenvalue weighted by atomic mass is 10.2. The molecule has 1 atom stereocenters. The smallest absolute Gasteiger partial charge is 0.344 e. The maximum absolute atomic E-state index is 12.0. The van der Waals surface area contributed by atoms with Crippen LogP contribution in [0.25, 0.3) is 5.65 Å². The van der Waals surface area contributed by atoms with Crippen LogP contribution in [0.5, 0.6) is 0 Å². The molecule has 6 heteroatoms. The Morgan fingerprint density at radius 3 is 3.12 bits per heavy atom. The fraction of sp³-hybridized carbons (Fsp3) is 0.545. The van der Waals surface area contributed by atoms with E-state index in [0.29, 0.717) is 11.2 Å². The highest BCUT2D eigenvalue weighted by Gasteiger charge is 2.21. The molecule has 0 radical (unpaired) electrons. The first kappa shape index (κ1) is 11.6. The second-order valence-electron chi connectivity index (χ2n) is 4.14. The molecular weight excluding hydrogens is 220 g/mol. The van der Waals surface area contributed by atoms with E-state index in [9.17, 15) is 4.79 Å². The Balaban J connectivity index is 2.23. The zero-order chi connectivity index (χ0) is 12.4. The van der Waals surface area contributed by atoms with Crippen LogP contribution in [0, 0.1) is 6.92 Å². The summed E-state index contributed by atoms with van der Waals surface area (Å²) >= 11 is 0. The largest absolute Gasteiger partial charge is 0.459 e. The van der Waals surface area contributed by atoms with Crippen molar-refractivity contribution < 1.29 is 9.53 Å². The van der Waals surface area contributed by atoms with Crippen LogP contribution in [-0.4, -0.2) is 31.9 Å². The van der Waals surface area contributed by atoms with Gasteiger partial charge in [-0.2, -0.15) is 0 Å². The highest BCUT2D eigenvalue weighted by molar-refractivity contribution is 5.97. The van der Waals surface area contributed by atoms with Crippen LogP contribution in [0.2, 0.25) is 0 Å². The molecule has 0 aliphatic heterocycles. The summed E-state index contributed by atoms with van der Waals surface area (Å²) in [6.07, 6.45) is 3.29. The molecule has 0 saturated carbocycles. The summed E-state index contributed by atoms with van der Waals surface area (Å²) in [6.45, 7) is 5.77. The van der Waals surface area contributed by atoms with Crippen molar-refractivity contribution in [2.24, 2.45) is 0 Å². The number of carbonyl (C=O) groups is 1. The van der Waals surface area contributed by atoms with Gasteiger partial charge in [0.05, 0.1) is 6.10 Å². The number of esters is 1. The number of nitrogens with zero attached hydrogens (tertiary/aromatic N) is 3. The number of aromatic nitrogens is 4. The van der Waals surface area contributed by atoms with Crippen molar-refractivity contribution in [2.45, 2.75) is 39.7 Å². The highest BCUT2D eigenvalue weighted by atomic mass is 16.5. The molecule has 6 nitrogen and oxygen atoms in total. The number of hydrogen-bond donors (Lipinski definition) is 1. The number of ether oxygens (including phenoxy) is 1. The first-order chi connectivity index (χ1) is 8.13. The van der Waals surface area contributed by atoms with Crippen LogP contribution in [-0.2, 0) is 4.74 Å². The molecule has 17 heavy (non-hydrogen) atoms. The standard InChI is InChI=1S/C11H16N4O2/c1-4-5-7(2)17-11(16)9-8(3)14-15-6-12-13-10(9)15/h6-7,14H,4-5H2,1-3H3. The lowest BCUT2D eigenvalue weighted by Crippen LogP contribution is -2.15. The molecule has 2 heterocycles. The van der Waals surface area contributed by atoms with E-state index in [1.54, 1.807) is 4.52 Å². The predicted molar refractivity (Wildman–Crippen MR) is 61.9 cm³/mol. The van der Waals surface area contributed by atoms with Gasteiger partial charge < -0.3 is 4.74 Å². The van der Waals surface area contributed by atoms with Gasteiger partial charge in [-0.15, -0.1) is 10.2 Å². The van der Waals surface area contributed by atoms with E-state index >= 15 is 0 Å². The lowest BCUT2D eigenvalue weighted by molar-refractivity contribution is 0.0324. The average Bonchev–Trinajstić information content (AvgIpc) is 2.76. The van der Waals surface area contributed by atoms with Crippen molar-refractivity contribution in [3.63, 3.8) is 0 Å². The molecule has 1 unspecified atom stereocenters. The number of rotatable bonds is 4. The third-order valence-electron chi connectivity index (χ3n) is 2.64. The minimum atomic E-state index is -0.345. The Bertz CT molecular complexity index is 529. The van der Waals surface area contributed by atoms with E-state index in [2.05, 4.69) is 22.2 Å². The molecule has 0 aliphatic carbocycles. The van der Waals surface area contributed by atoms with Gasteiger partial charge in [-0.05, 0) is 20.3 Å². The second kappa shape index (κ2) is 4.57. The highest BCUT2D eigenvalue weighted by Crippen LogP contribution is 2.15. The van der Waals surface area contributed by atoms with Crippen molar-refractivity contribution in [2.75, 3.05) is 0 Å². The van der Waals surface area contributed by atoms with Gasteiger partial charge in [0.15, 0.2) is 5.65 Å². The Kier molecular flexibility index (Phi) is 3.12. The lowest BCUT2D eigenvalue weighted by Gasteiger charge is -2.11. The van der Waals surface area contributed by atoms with Gasteiger partial charge in [0.2, 0.25) is 0 Å². The summed E-state index contributed by atoms with van der Waals surface area (Å²) < 4.78 is 6.96. The molecular formula is C11H16N4O2. The van der Waals surface area contributed by atoms with Gasteiger partial charge in [-0.1, -0.05) is 13.3 Å². The zero-order valence-electron chi connectivity index (χ0n) is 10.2. The van der Waals surface area contributed by atoms with Crippen LogP contribution in [0.4, 0.5) is 0 Å². The fourth-order valence-corrected chi connectivity index (χ4v) is 1.84. The van der Waals surface area contributed by atoms with E-state index in [4.69, 9.17) is 4.74 Å². The summed E-state index contributed by atoms with van der Waals surface area (Å²) in [4.78, 5) is 12.0. The number of carbonyl (C=O) groups excluding carboxylic acids is 1. The van der Waals surface area contributed by atoms with Gasteiger partial charge in [0.25, 0.3) is 0 Å². The summed E-state index contributed by atoms with van der Waals surface area (Å²) in [5.41, 5.74) is 1.71. The summed E-state index contributed by atoms with van der Waals surface area (Å²) in [6, 6.07) is 0. The third-order valence-corrected chi connectivity index (χ3v) is 2.64. The van der Waals surface area contributed by atoms with Crippen LogP contribution >= 0.6 is 0 Å². The Morgan fingerprint density at radius 2 is 2.41 bits per heavy atom. The molecule has 0 aliphatic rings. The maximum Gasteiger partial charge on any atom is 0.344 e. The predicted octanol–water partition coefficient (Wildman–Crippen LogP) is 1.71. The van der Waals surface area contributed by atoms with Crippen LogP contribution in [0.3, 0.4) is 0 Å². The summed E-state index contributed by atoms with van der Waals surface area (Å²) in [7, 11) is 0. The van der Waals surface area contributed by atoms with Gasteiger partial charge in [-0.25, -0.2) is 9.31 Å². The molecule has 0 fully saturated rings. The van der Waals surface area contributed by atoms with Crippen LogP contribution in [0.15, 0.2) is 6.33 Å². The monoisotopic (exact) mass is 236 g/mol. The van der Waals surface area contributed by atoms with Gasteiger partial charge in [0.1, 0.15) is 11.9 Å².